The van der Waals surface area contributed by atoms with Gasteiger partial charge in [-0.1, -0.05) is 24.8 Å². The number of hydrogen-bond acceptors (Lipinski definition) is 3. The molecule has 0 amide bonds. The summed E-state index contributed by atoms with van der Waals surface area (Å²) >= 11 is 1.36. The maximum absolute atomic E-state index is 10.3. The van der Waals surface area contributed by atoms with Crippen molar-refractivity contribution in [2.24, 2.45) is 4.99 Å². The van der Waals surface area contributed by atoms with Crippen molar-refractivity contribution in [1.29, 1.82) is 0 Å². The maximum Gasteiger partial charge on any atom is 0.313 e. The molecule has 0 fully saturated rings. The Balaban J connectivity index is 3.95. The molecule has 0 aromatic rings. The molecule has 0 aliphatic carbocycles. The summed E-state index contributed by atoms with van der Waals surface area (Å²) in [5, 5.41) is 8.48. The van der Waals surface area contributed by atoms with Crippen LogP contribution >= 0.6 is 11.8 Å². The van der Waals surface area contributed by atoms with E-state index in [0.29, 0.717) is 5.75 Å². The van der Waals surface area contributed by atoms with Gasteiger partial charge < -0.3 is 5.11 Å². The van der Waals surface area contributed by atoms with Crippen LogP contribution in [-0.4, -0.2) is 34.3 Å². The van der Waals surface area contributed by atoms with E-state index in [2.05, 4.69) is 18.2 Å². The standard InChI is InChI=1S/C12H19NO2S/c1-5-9(2)6-10(3)13-11(4)7-16-8-12(14)15/h5,10H,1-2,6-8H2,3-4H3,(H,14,15)/b13-11+. The fraction of sp³-hybridized carbons (Fsp3) is 0.500. The van der Waals surface area contributed by atoms with Crippen LogP contribution < -0.4 is 0 Å². The summed E-state index contributed by atoms with van der Waals surface area (Å²) in [6, 6.07) is 0.177. The SMILES string of the molecule is C=CC(=C)CC(C)/N=C(\C)CSCC(=O)O. The number of nitrogens with zero attached hydrogens (tertiary/aromatic N) is 1. The molecular formula is C12H19NO2S. The van der Waals surface area contributed by atoms with Crippen molar-refractivity contribution >= 4 is 23.4 Å². The first-order valence-corrected chi connectivity index (χ1v) is 6.24. The molecule has 0 aromatic carbocycles. The molecule has 1 unspecified atom stereocenters. The van der Waals surface area contributed by atoms with Gasteiger partial charge >= 0.3 is 5.97 Å². The molecule has 1 N–H and O–H groups in total. The van der Waals surface area contributed by atoms with Gasteiger partial charge in [-0.25, -0.2) is 0 Å². The van der Waals surface area contributed by atoms with Gasteiger partial charge in [0.05, 0.1) is 11.8 Å². The van der Waals surface area contributed by atoms with E-state index in [1.165, 1.54) is 11.8 Å². The smallest absolute Gasteiger partial charge is 0.313 e. The van der Waals surface area contributed by atoms with Crippen molar-refractivity contribution < 1.29 is 9.90 Å². The summed E-state index contributed by atoms with van der Waals surface area (Å²) < 4.78 is 0. The molecule has 0 heterocycles. The second-order valence-electron chi connectivity index (χ2n) is 3.67. The Kier molecular flexibility index (Phi) is 7.64. The highest BCUT2D eigenvalue weighted by Gasteiger charge is 2.02. The zero-order valence-corrected chi connectivity index (χ0v) is 10.7. The van der Waals surface area contributed by atoms with Crippen molar-refractivity contribution in [3.05, 3.63) is 24.8 Å². The second kappa shape index (κ2) is 8.16. The van der Waals surface area contributed by atoms with Gasteiger partial charge in [-0.2, -0.15) is 0 Å². The molecule has 16 heavy (non-hydrogen) atoms. The second-order valence-corrected chi connectivity index (χ2v) is 4.65. The third-order valence-corrected chi connectivity index (χ3v) is 2.90. The maximum atomic E-state index is 10.3. The van der Waals surface area contributed by atoms with Gasteiger partial charge in [0.2, 0.25) is 0 Å². The predicted octanol–water partition coefficient (Wildman–Crippen LogP) is 2.79. The van der Waals surface area contributed by atoms with Crippen LogP contribution in [0.3, 0.4) is 0 Å². The van der Waals surface area contributed by atoms with Gasteiger partial charge in [-0.15, -0.1) is 11.8 Å². The molecule has 0 saturated heterocycles. The molecule has 0 bridgehead atoms. The summed E-state index contributed by atoms with van der Waals surface area (Å²) in [5.74, 6) is 0.00328. The average molecular weight is 241 g/mol. The van der Waals surface area contributed by atoms with E-state index >= 15 is 0 Å². The minimum absolute atomic E-state index is 0.126. The zero-order valence-electron chi connectivity index (χ0n) is 9.90. The first-order valence-electron chi connectivity index (χ1n) is 5.08. The van der Waals surface area contributed by atoms with E-state index in [9.17, 15) is 4.79 Å². The third-order valence-electron chi connectivity index (χ3n) is 1.82. The van der Waals surface area contributed by atoms with Crippen LogP contribution in [0.4, 0.5) is 0 Å². The van der Waals surface area contributed by atoms with Crippen molar-refractivity contribution in [2.45, 2.75) is 26.3 Å². The average Bonchev–Trinajstić information content (AvgIpc) is 2.16. The highest BCUT2D eigenvalue weighted by Crippen LogP contribution is 2.08. The molecule has 0 radical (unpaired) electrons. The van der Waals surface area contributed by atoms with E-state index in [-0.39, 0.29) is 11.8 Å². The predicted molar refractivity (Wildman–Crippen MR) is 71.5 cm³/mol. The molecule has 0 aliphatic rings. The number of thioether (sulfide) groups is 1. The quantitative estimate of drug-likeness (QED) is 0.525. The fourth-order valence-electron chi connectivity index (χ4n) is 1.21. The van der Waals surface area contributed by atoms with Gasteiger partial charge in [0.25, 0.3) is 0 Å². The van der Waals surface area contributed by atoms with Crippen LogP contribution in [0.25, 0.3) is 0 Å². The van der Waals surface area contributed by atoms with Crippen LogP contribution in [0.5, 0.6) is 0 Å². The van der Waals surface area contributed by atoms with E-state index in [0.717, 1.165) is 17.7 Å². The summed E-state index contributed by atoms with van der Waals surface area (Å²) in [6.07, 6.45) is 2.53. The van der Waals surface area contributed by atoms with Crippen molar-refractivity contribution in [3.63, 3.8) is 0 Å². The summed E-state index contributed by atoms with van der Waals surface area (Å²) in [4.78, 5) is 14.8. The van der Waals surface area contributed by atoms with Crippen LogP contribution in [-0.2, 0) is 4.79 Å². The van der Waals surface area contributed by atoms with Gasteiger partial charge in [0, 0.05) is 11.5 Å². The Morgan fingerprint density at radius 2 is 2.19 bits per heavy atom. The van der Waals surface area contributed by atoms with E-state index in [1.807, 2.05) is 13.8 Å². The Morgan fingerprint density at radius 3 is 2.69 bits per heavy atom. The van der Waals surface area contributed by atoms with Crippen LogP contribution in [0.15, 0.2) is 29.8 Å². The van der Waals surface area contributed by atoms with Crippen molar-refractivity contribution in [1.82, 2.24) is 0 Å². The van der Waals surface area contributed by atoms with Gasteiger partial charge in [-0.05, 0) is 20.3 Å². The molecule has 4 heteroatoms. The summed E-state index contributed by atoms with van der Waals surface area (Å²) in [6.45, 7) is 11.4. The Morgan fingerprint density at radius 1 is 1.56 bits per heavy atom. The molecule has 1 atom stereocenters. The van der Waals surface area contributed by atoms with Crippen LogP contribution in [0.2, 0.25) is 0 Å². The lowest BCUT2D eigenvalue weighted by molar-refractivity contribution is -0.133. The normalized spacial score (nSPS) is 13.2. The lowest BCUT2D eigenvalue weighted by atomic mass is 10.1. The highest BCUT2D eigenvalue weighted by molar-refractivity contribution is 8.00. The minimum atomic E-state index is -0.786. The minimum Gasteiger partial charge on any atom is -0.481 e. The molecule has 0 aromatic heterocycles. The number of carboxylic acid groups (broad SMARTS) is 1. The Labute approximate surface area is 101 Å². The number of aliphatic carboxylic acids is 1. The van der Waals surface area contributed by atoms with Crippen molar-refractivity contribution in [3.8, 4) is 0 Å². The van der Waals surface area contributed by atoms with E-state index in [4.69, 9.17) is 5.11 Å². The topological polar surface area (TPSA) is 49.7 Å². The number of carboxylic acids is 1. The Hall–Kier alpha value is -1.03. The molecule has 0 spiro atoms. The van der Waals surface area contributed by atoms with Crippen LogP contribution in [0.1, 0.15) is 20.3 Å². The van der Waals surface area contributed by atoms with Gasteiger partial charge in [0.1, 0.15) is 0 Å². The highest BCUT2D eigenvalue weighted by atomic mass is 32.2. The zero-order chi connectivity index (χ0) is 12.6. The van der Waals surface area contributed by atoms with Crippen LogP contribution in [0, 0.1) is 0 Å². The fourth-order valence-corrected chi connectivity index (χ4v) is 1.85. The lowest BCUT2D eigenvalue weighted by Gasteiger charge is -2.08. The van der Waals surface area contributed by atoms with Gasteiger partial charge in [-0.3, -0.25) is 9.79 Å². The molecule has 0 rings (SSSR count). The summed E-state index contributed by atoms with van der Waals surface area (Å²) in [5.41, 5.74) is 1.94. The number of carbonyl (C=O) groups is 1. The largest absolute Gasteiger partial charge is 0.481 e. The molecular weight excluding hydrogens is 222 g/mol. The summed E-state index contributed by atoms with van der Waals surface area (Å²) in [7, 11) is 0. The molecule has 0 saturated carbocycles. The first-order chi connectivity index (χ1) is 7.45. The van der Waals surface area contributed by atoms with E-state index < -0.39 is 5.97 Å². The molecule has 90 valence electrons. The molecule has 3 nitrogen and oxygen atoms in total. The van der Waals surface area contributed by atoms with Crippen molar-refractivity contribution in [2.75, 3.05) is 11.5 Å². The first kappa shape index (κ1) is 15.0. The van der Waals surface area contributed by atoms with E-state index in [1.54, 1.807) is 6.08 Å². The van der Waals surface area contributed by atoms with Gasteiger partial charge in [0.15, 0.2) is 0 Å². The molecule has 0 aliphatic heterocycles. The lowest BCUT2D eigenvalue weighted by Crippen LogP contribution is -2.07. The third kappa shape index (κ3) is 8.29. The monoisotopic (exact) mass is 241 g/mol. The number of rotatable bonds is 8. The number of aliphatic imine (C=N–C) groups is 1. The Bertz CT molecular complexity index is 297. The number of allylic oxidation sites excluding steroid dienone is 1. The number of hydrogen-bond donors (Lipinski definition) is 1.